The van der Waals surface area contributed by atoms with Crippen LogP contribution in [-0.2, 0) is 6.42 Å². The fraction of sp³-hybridized carbons (Fsp3) is 0.308. The highest BCUT2D eigenvalue weighted by Gasteiger charge is 2.01. The van der Waals surface area contributed by atoms with Gasteiger partial charge >= 0.3 is 0 Å². The minimum Gasteiger partial charge on any atom is -0.376 e. The molecular weight excluding hydrogens is 216 g/mol. The van der Waals surface area contributed by atoms with Gasteiger partial charge in [0, 0.05) is 23.3 Å². The molecule has 0 aliphatic heterocycles. The number of aryl methyl sites for hydroxylation is 1. The van der Waals surface area contributed by atoms with Gasteiger partial charge in [-0.2, -0.15) is 0 Å². The number of aliphatic imine (C=N–C) groups is 1. The highest BCUT2D eigenvalue weighted by atomic mass is 32.1. The van der Waals surface area contributed by atoms with Crippen molar-refractivity contribution in [2.24, 2.45) is 4.99 Å². The molecular formula is C13H18N2S. The van der Waals surface area contributed by atoms with Gasteiger partial charge in [0.15, 0.2) is 0 Å². The van der Waals surface area contributed by atoms with E-state index in [4.69, 9.17) is 0 Å². The van der Waals surface area contributed by atoms with E-state index in [0.29, 0.717) is 0 Å². The smallest absolute Gasteiger partial charge is 0.0820 e. The fourth-order valence-electron chi connectivity index (χ4n) is 1.36. The van der Waals surface area contributed by atoms with Crippen LogP contribution in [0.4, 0.5) is 0 Å². The number of allylic oxidation sites excluding steroid dienone is 2. The Morgan fingerprint density at radius 3 is 3.06 bits per heavy atom. The van der Waals surface area contributed by atoms with Crippen LogP contribution < -0.4 is 5.32 Å². The average Bonchev–Trinajstić information content (AvgIpc) is 2.63. The molecule has 1 N–H and O–H groups in total. The third-order valence-corrected chi connectivity index (χ3v) is 3.39. The number of thiophene rings is 1. The molecule has 0 radical (unpaired) electrons. The van der Waals surface area contributed by atoms with Crippen LogP contribution in [-0.4, -0.2) is 19.9 Å². The molecule has 0 saturated heterocycles. The lowest BCUT2D eigenvalue weighted by atomic mass is 10.2. The Kier molecular flexibility index (Phi) is 5.57. The quantitative estimate of drug-likeness (QED) is 0.348. The largest absolute Gasteiger partial charge is 0.376 e. The van der Waals surface area contributed by atoms with Crippen LogP contribution in [0.25, 0.3) is 6.08 Å². The first-order valence-corrected chi connectivity index (χ1v) is 6.12. The third-order valence-electron chi connectivity index (χ3n) is 2.13. The Hall–Kier alpha value is -1.35. The molecule has 0 saturated carbocycles. The minimum absolute atomic E-state index is 0.932. The molecule has 16 heavy (non-hydrogen) atoms. The molecule has 0 fully saturated rings. The van der Waals surface area contributed by atoms with Crippen molar-refractivity contribution < 1.29 is 0 Å². The molecule has 0 unspecified atom stereocenters. The van der Waals surface area contributed by atoms with Crippen molar-refractivity contribution in [3.05, 3.63) is 40.1 Å². The van der Waals surface area contributed by atoms with E-state index in [9.17, 15) is 0 Å². The molecule has 2 nitrogen and oxygen atoms in total. The molecule has 86 valence electrons. The zero-order valence-corrected chi connectivity index (χ0v) is 10.7. The van der Waals surface area contributed by atoms with Crippen molar-refractivity contribution >= 4 is 23.8 Å². The van der Waals surface area contributed by atoms with E-state index in [1.807, 2.05) is 17.4 Å². The van der Waals surface area contributed by atoms with Crippen LogP contribution in [0.2, 0.25) is 0 Å². The summed E-state index contributed by atoms with van der Waals surface area (Å²) >= 11 is 1.84. The monoisotopic (exact) mass is 234 g/mol. The summed E-state index contributed by atoms with van der Waals surface area (Å²) in [4.78, 5) is 6.59. The first-order chi connectivity index (χ1) is 7.77. The maximum atomic E-state index is 3.88. The van der Waals surface area contributed by atoms with Crippen molar-refractivity contribution in [3.63, 3.8) is 0 Å². The Balaban J connectivity index is 2.55. The molecule has 1 aromatic rings. The molecule has 1 heterocycles. The normalized spacial score (nSPS) is 11.4. The Morgan fingerprint density at radius 1 is 1.56 bits per heavy atom. The molecule has 0 amide bonds. The number of hydrogen-bond donors (Lipinski definition) is 1. The van der Waals surface area contributed by atoms with Gasteiger partial charge in [-0.3, -0.25) is 4.99 Å². The van der Waals surface area contributed by atoms with Gasteiger partial charge < -0.3 is 5.32 Å². The van der Waals surface area contributed by atoms with Gasteiger partial charge in [-0.15, -0.1) is 11.3 Å². The zero-order valence-electron chi connectivity index (χ0n) is 9.86. The Bertz CT molecular complexity index is 389. The molecule has 0 aliphatic carbocycles. The van der Waals surface area contributed by atoms with Gasteiger partial charge in [-0.25, -0.2) is 0 Å². The van der Waals surface area contributed by atoms with Gasteiger partial charge in [-0.1, -0.05) is 18.7 Å². The van der Waals surface area contributed by atoms with E-state index < -0.39 is 0 Å². The number of nitrogens with one attached hydrogen (secondary N) is 1. The van der Waals surface area contributed by atoms with Gasteiger partial charge in [0.2, 0.25) is 0 Å². The summed E-state index contributed by atoms with van der Waals surface area (Å²) in [6, 6.07) is 2.25. The maximum Gasteiger partial charge on any atom is 0.0820 e. The van der Waals surface area contributed by atoms with Crippen LogP contribution >= 0.6 is 11.3 Å². The second-order valence-electron chi connectivity index (χ2n) is 3.45. The summed E-state index contributed by atoms with van der Waals surface area (Å²) in [7, 11) is 1.76. The second kappa shape index (κ2) is 7.01. The van der Waals surface area contributed by atoms with E-state index in [1.54, 1.807) is 19.5 Å². The molecule has 0 atom stereocenters. The number of hydrogen-bond acceptors (Lipinski definition) is 2. The van der Waals surface area contributed by atoms with Gasteiger partial charge in [0.05, 0.1) is 6.34 Å². The predicted octanol–water partition coefficient (Wildman–Crippen LogP) is 3.05. The van der Waals surface area contributed by atoms with Crippen LogP contribution in [0.1, 0.15) is 15.3 Å². The van der Waals surface area contributed by atoms with Crippen molar-refractivity contribution in [1.29, 1.82) is 0 Å². The van der Waals surface area contributed by atoms with E-state index in [1.165, 1.54) is 15.3 Å². The minimum atomic E-state index is 0.932. The Labute approximate surface area is 101 Å². The Morgan fingerprint density at radius 2 is 2.38 bits per heavy atom. The highest BCUT2D eigenvalue weighted by molar-refractivity contribution is 7.13. The summed E-state index contributed by atoms with van der Waals surface area (Å²) in [6.07, 6.45) is 8.67. The summed E-state index contributed by atoms with van der Waals surface area (Å²) in [5, 5.41) is 3.14. The molecule has 3 heteroatoms. The molecule has 0 aromatic carbocycles. The molecule has 0 bridgehead atoms. The average molecular weight is 234 g/mol. The van der Waals surface area contributed by atoms with Crippen LogP contribution in [0.3, 0.4) is 0 Å². The lowest BCUT2D eigenvalue weighted by Gasteiger charge is -1.96. The summed E-state index contributed by atoms with van der Waals surface area (Å²) in [6.45, 7) is 6.75. The van der Waals surface area contributed by atoms with Crippen LogP contribution in [0.15, 0.2) is 29.8 Å². The van der Waals surface area contributed by atoms with E-state index in [2.05, 4.69) is 36.0 Å². The molecule has 0 aliphatic rings. The topological polar surface area (TPSA) is 24.4 Å². The SMILES string of the molecule is C=C/C=C\c1sc(CCNC=NC)cc1C. The summed E-state index contributed by atoms with van der Waals surface area (Å²) in [5.74, 6) is 0. The fourth-order valence-corrected chi connectivity index (χ4v) is 2.45. The van der Waals surface area contributed by atoms with Crippen LogP contribution in [0, 0.1) is 6.92 Å². The lowest BCUT2D eigenvalue weighted by molar-refractivity contribution is 0.889. The summed E-state index contributed by atoms with van der Waals surface area (Å²) in [5.41, 5.74) is 1.34. The highest BCUT2D eigenvalue weighted by Crippen LogP contribution is 2.23. The predicted molar refractivity (Wildman–Crippen MR) is 74.4 cm³/mol. The van der Waals surface area contributed by atoms with Gasteiger partial charge in [0.25, 0.3) is 0 Å². The number of nitrogens with zero attached hydrogens (tertiary/aromatic N) is 1. The van der Waals surface area contributed by atoms with Crippen molar-refractivity contribution in [1.82, 2.24) is 5.32 Å². The maximum absolute atomic E-state index is 3.88. The van der Waals surface area contributed by atoms with Crippen molar-refractivity contribution in [3.8, 4) is 0 Å². The van der Waals surface area contributed by atoms with E-state index >= 15 is 0 Å². The van der Waals surface area contributed by atoms with E-state index in [0.717, 1.165) is 13.0 Å². The number of rotatable bonds is 6. The van der Waals surface area contributed by atoms with E-state index in [-0.39, 0.29) is 0 Å². The van der Waals surface area contributed by atoms with Gasteiger partial charge in [-0.05, 0) is 31.1 Å². The third kappa shape index (κ3) is 4.03. The summed E-state index contributed by atoms with van der Waals surface area (Å²) < 4.78 is 0. The van der Waals surface area contributed by atoms with Crippen LogP contribution in [0.5, 0.6) is 0 Å². The van der Waals surface area contributed by atoms with Crippen molar-refractivity contribution in [2.45, 2.75) is 13.3 Å². The molecule has 1 aromatic heterocycles. The standard InChI is InChI=1S/C13H18N2S/c1-4-5-6-13-11(2)9-12(16-13)7-8-15-10-14-3/h4-6,9-10H,1,7-8H2,2-3H3,(H,14,15)/b6-5-. The first-order valence-electron chi connectivity index (χ1n) is 5.30. The molecule has 0 spiro atoms. The first kappa shape index (κ1) is 12.7. The van der Waals surface area contributed by atoms with Crippen molar-refractivity contribution in [2.75, 3.05) is 13.6 Å². The molecule has 1 rings (SSSR count). The second-order valence-corrected chi connectivity index (χ2v) is 4.61. The lowest BCUT2D eigenvalue weighted by Crippen LogP contribution is -2.14. The van der Waals surface area contributed by atoms with Gasteiger partial charge in [0.1, 0.15) is 0 Å². The zero-order chi connectivity index (χ0) is 11.8.